The van der Waals surface area contributed by atoms with E-state index in [0.717, 1.165) is 6.42 Å². The Labute approximate surface area is 88.0 Å². The lowest BCUT2D eigenvalue weighted by atomic mass is 10.3. The molecule has 1 aromatic heterocycles. The average Bonchev–Trinajstić information content (AvgIpc) is 2.52. The normalized spacial score (nSPS) is 9.29. The van der Waals surface area contributed by atoms with Crippen molar-refractivity contribution < 1.29 is 14.1 Å². The Morgan fingerprint density at radius 3 is 2.93 bits per heavy atom. The molecule has 1 rings (SSSR count). The molecule has 0 aliphatic carbocycles. The number of carbonyl (C=O) groups excluding carboxylic acids is 1. The Morgan fingerprint density at radius 1 is 1.71 bits per heavy atom. The highest BCUT2D eigenvalue weighted by atomic mass is 35.5. The maximum Gasteiger partial charge on any atom is 0.312 e. The molecule has 0 saturated carbocycles. The van der Waals surface area contributed by atoms with Crippen LogP contribution >= 0.6 is 12.4 Å². The lowest BCUT2D eigenvalue weighted by Crippen LogP contribution is -2.06. The molecule has 0 aliphatic heterocycles. The van der Waals surface area contributed by atoms with Crippen LogP contribution in [0.25, 0.3) is 0 Å². The second-order valence-corrected chi connectivity index (χ2v) is 2.56. The Kier molecular flexibility index (Phi) is 5.91. The molecule has 0 unspecified atom stereocenters. The van der Waals surface area contributed by atoms with Gasteiger partial charge >= 0.3 is 5.97 Å². The van der Waals surface area contributed by atoms with Gasteiger partial charge in [0.25, 0.3) is 5.88 Å². The Hall–Kier alpha value is -1.07. The number of hydrogen-bond donors (Lipinski definition) is 1. The first-order valence-corrected chi connectivity index (χ1v) is 4.12. The van der Waals surface area contributed by atoms with Crippen LogP contribution in [0.4, 0.5) is 0 Å². The highest BCUT2D eigenvalue weighted by Gasteiger charge is 2.07. The first-order chi connectivity index (χ1) is 6.26. The fourth-order valence-electron chi connectivity index (χ4n) is 0.810. The van der Waals surface area contributed by atoms with Gasteiger partial charge in [-0.2, -0.15) is 0 Å². The number of nitrogens with two attached hydrogens (primary N) is 1. The summed E-state index contributed by atoms with van der Waals surface area (Å²) in [5, 5.41) is 3.51. The second-order valence-electron chi connectivity index (χ2n) is 2.56. The van der Waals surface area contributed by atoms with E-state index in [1.165, 1.54) is 6.07 Å². The first kappa shape index (κ1) is 12.9. The van der Waals surface area contributed by atoms with Gasteiger partial charge in [0.2, 0.25) is 0 Å². The minimum atomic E-state index is -0.306. The lowest BCUT2D eigenvalue weighted by molar-refractivity contribution is -0.134. The molecule has 1 heterocycles. The minimum Gasteiger partial charge on any atom is -0.404 e. The van der Waals surface area contributed by atoms with Crippen molar-refractivity contribution in [3.63, 3.8) is 0 Å². The fraction of sp³-hybridized carbons (Fsp3) is 0.500. The Balaban J connectivity index is 0.00000169. The van der Waals surface area contributed by atoms with Crippen molar-refractivity contribution in [1.29, 1.82) is 0 Å². The van der Waals surface area contributed by atoms with E-state index in [9.17, 15) is 4.79 Å². The maximum absolute atomic E-state index is 11.0. The highest BCUT2D eigenvalue weighted by molar-refractivity contribution is 5.85. The molecule has 0 bridgehead atoms. The fourth-order valence-corrected chi connectivity index (χ4v) is 0.810. The summed E-state index contributed by atoms with van der Waals surface area (Å²) in [6.45, 7) is 2.15. The summed E-state index contributed by atoms with van der Waals surface area (Å²) < 4.78 is 9.58. The van der Waals surface area contributed by atoms with E-state index < -0.39 is 0 Å². The number of rotatable bonds is 4. The number of hydrogen-bond acceptors (Lipinski definition) is 5. The molecule has 0 spiro atoms. The third-order valence-electron chi connectivity index (χ3n) is 1.41. The van der Waals surface area contributed by atoms with E-state index in [4.69, 9.17) is 15.0 Å². The second kappa shape index (κ2) is 6.39. The summed E-state index contributed by atoms with van der Waals surface area (Å²) >= 11 is 0. The molecule has 0 saturated heterocycles. The number of aromatic nitrogens is 1. The van der Waals surface area contributed by atoms with Crippen LogP contribution in [-0.2, 0) is 11.3 Å². The molecular weight excluding hydrogens is 208 g/mol. The molecule has 0 fully saturated rings. The molecule has 0 atom stereocenters. The summed E-state index contributed by atoms with van der Waals surface area (Å²) in [5.41, 5.74) is 5.28. The van der Waals surface area contributed by atoms with Crippen molar-refractivity contribution >= 4 is 18.4 Å². The van der Waals surface area contributed by atoms with Gasteiger partial charge in [-0.15, -0.1) is 12.4 Å². The molecule has 1 aromatic rings. The van der Waals surface area contributed by atoms with E-state index >= 15 is 0 Å². The number of halogens is 1. The quantitative estimate of drug-likeness (QED) is 0.773. The zero-order valence-corrected chi connectivity index (χ0v) is 8.67. The molecule has 0 aromatic carbocycles. The van der Waals surface area contributed by atoms with Crippen LogP contribution in [0.2, 0.25) is 0 Å². The molecule has 80 valence electrons. The van der Waals surface area contributed by atoms with Crippen molar-refractivity contribution in [3.05, 3.63) is 11.8 Å². The first-order valence-electron chi connectivity index (χ1n) is 4.12. The molecule has 0 radical (unpaired) electrons. The SMILES string of the molecule is CCCC(=O)Oc1cc(CN)on1.Cl. The summed E-state index contributed by atoms with van der Waals surface area (Å²) in [6.07, 6.45) is 1.13. The van der Waals surface area contributed by atoms with Crippen LogP contribution in [0.15, 0.2) is 10.6 Å². The zero-order chi connectivity index (χ0) is 9.68. The summed E-state index contributed by atoms with van der Waals surface area (Å²) in [6, 6.07) is 1.51. The van der Waals surface area contributed by atoms with Gasteiger partial charge in [0.1, 0.15) is 0 Å². The van der Waals surface area contributed by atoms with Crippen LogP contribution in [0, 0.1) is 0 Å². The third kappa shape index (κ3) is 3.76. The lowest BCUT2D eigenvalue weighted by Gasteiger charge is -1.95. The number of nitrogens with zero attached hydrogens (tertiary/aromatic N) is 1. The van der Waals surface area contributed by atoms with E-state index in [1.54, 1.807) is 0 Å². The predicted octanol–water partition coefficient (Wildman–Crippen LogP) is 1.26. The third-order valence-corrected chi connectivity index (χ3v) is 1.41. The minimum absolute atomic E-state index is 0. The van der Waals surface area contributed by atoms with Crippen molar-refractivity contribution in [2.45, 2.75) is 26.3 Å². The van der Waals surface area contributed by atoms with Gasteiger partial charge in [-0.05, 0) is 11.6 Å². The standard InChI is InChI=1S/C8H12N2O3.ClH/c1-2-3-8(11)12-7-4-6(5-9)13-10-7;/h4H,2-3,5,9H2,1H3;1H. The predicted molar refractivity (Wildman–Crippen MR) is 52.2 cm³/mol. The molecule has 14 heavy (non-hydrogen) atoms. The summed E-state index contributed by atoms with van der Waals surface area (Å²) in [5.74, 6) is 0.373. The zero-order valence-electron chi connectivity index (χ0n) is 7.86. The molecule has 5 nitrogen and oxygen atoms in total. The molecule has 2 N–H and O–H groups in total. The van der Waals surface area contributed by atoms with E-state index in [-0.39, 0.29) is 30.8 Å². The Morgan fingerprint density at radius 2 is 2.43 bits per heavy atom. The van der Waals surface area contributed by atoms with Crippen LogP contribution in [0.1, 0.15) is 25.5 Å². The molecule has 0 amide bonds. The largest absolute Gasteiger partial charge is 0.404 e. The maximum atomic E-state index is 11.0. The number of carbonyl (C=O) groups is 1. The monoisotopic (exact) mass is 220 g/mol. The Bertz CT molecular complexity index is 288. The van der Waals surface area contributed by atoms with Gasteiger partial charge in [-0.25, -0.2) is 0 Å². The summed E-state index contributed by atoms with van der Waals surface area (Å²) in [7, 11) is 0. The van der Waals surface area contributed by atoms with Crippen LogP contribution in [0.5, 0.6) is 5.88 Å². The van der Waals surface area contributed by atoms with E-state index in [1.807, 2.05) is 6.92 Å². The van der Waals surface area contributed by atoms with Crippen LogP contribution < -0.4 is 10.5 Å². The van der Waals surface area contributed by atoms with Gasteiger partial charge < -0.3 is 15.0 Å². The average molecular weight is 221 g/mol. The number of ether oxygens (including phenoxy) is 1. The van der Waals surface area contributed by atoms with E-state index in [2.05, 4.69) is 5.16 Å². The van der Waals surface area contributed by atoms with Crippen LogP contribution in [-0.4, -0.2) is 11.1 Å². The van der Waals surface area contributed by atoms with Crippen molar-refractivity contribution in [1.82, 2.24) is 5.16 Å². The van der Waals surface area contributed by atoms with Gasteiger partial charge in [0, 0.05) is 12.5 Å². The van der Waals surface area contributed by atoms with Gasteiger partial charge in [0.15, 0.2) is 5.76 Å². The molecular formula is C8H13ClN2O3. The van der Waals surface area contributed by atoms with Crippen LogP contribution in [0.3, 0.4) is 0 Å². The topological polar surface area (TPSA) is 78.4 Å². The molecule has 0 aliphatic rings. The smallest absolute Gasteiger partial charge is 0.312 e. The highest BCUT2D eigenvalue weighted by Crippen LogP contribution is 2.11. The van der Waals surface area contributed by atoms with Gasteiger partial charge in [0.05, 0.1) is 6.54 Å². The molecule has 6 heteroatoms. The van der Waals surface area contributed by atoms with Crippen molar-refractivity contribution in [2.75, 3.05) is 0 Å². The number of esters is 1. The van der Waals surface area contributed by atoms with E-state index in [0.29, 0.717) is 12.2 Å². The van der Waals surface area contributed by atoms with Crippen molar-refractivity contribution in [2.24, 2.45) is 5.73 Å². The van der Waals surface area contributed by atoms with Gasteiger partial charge in [-0.3, -0.25) is 4.79 Å². The van der Waals surface area contributed by atoms with Crippen molar-refractivity contribution in [3.8, 4) is 5.88 Å². The summed E-state index contributed by atoms with van der Waals surface area (Å²) in [4.78, 5) is 11.0. The van der Waals surface area contributed by atoms with Gasteiger partial charge in [-0.1, -0.05) is 6.92 Å².